The van der Waals surface area contributed by atoms with E-state index in [-0.39, 0.29) is 0 Å². The summed E-state index contributed by atoms with van der Waals surface area (Å²) in [6, 6.07) is 0. The number of ether oxygens (including phenoxy) is 2. The monoisotopic (exact) mass is 313 g/mol. The van der Waals surface area contributed by atoms with E-state index in [9.17, 15) is 0 Å². The molecule has 2 atom stereocenters. The number of guanidine groups is 1. The molecule has 0 heterocycles. The molecule has 0 spiro atoms. The molecular formula is C17H35N3O2. The van der Waals surface area contributed by atoms with Gasteiger partial charge in [-0.2, -0.15) is 0 Å². The summed E-state index contributed by atoms with van der Waals surface area (Å²) in [5.74, 6) is 2.57. The van der Waals surface area contributed by atoms with Crippen molar-refractivity contribution in [2.24, 2.45) is 16.8 Å². The highest BCUT2D eigenvalue weighted by Crippen LogP contribution is 2.28. The Kier molecular flexibility index (Phi) is 11.1. The van der Waals surface area contributed by atoms with Crippen molar-refractivity contribution in [2.75, 3.05) is 46.6 Å². The van der Waals surface area contributed by atoms with E-state index in [1.165, 1.54) is 25.7 Å². The van der Waals surface area contributed by atoms with E-state index in [0.717, 1.165) is 50.5 Å². The van der Waals surface area contributed by atoms with Gasteiger partial charge in [0.25, 0.3) is 0 Å². The van der Waals surface area contributed by atoms with Crippen LogP contribution in [0.1, 0.15) is 46.0 Å². The van der Waals surface area contributed by atoms with Crippen LogP contribution in [-0.4, -0.2) is 52.5 Å². The summed E-state index contributed by atoms with van der Waals surface area (Å²) in [4.78, 5) is 4.75. The van der Waals surface area contributed by atoms with Gasteiger partial charge in [-0.05, 0) is 38.0 Å². The van der Waals surface area contributed by atoms with E-state index in [4.69, 9.17) is 14.5 Å². The normalized spacial score (nSPS) is 22.6. The molecule has 0 aliphatic heterocycles. The topological polar surface area (TPSA) is 54.9 Å². The summed E-state index contributed by atoms with van der Waals surface area (Å²) in [5.41, 5.74) is 0. The molecule has 1 aliphatic carbocycles. The Morgan fingerprint density at radius 3 is 2.77 bits per heavy atom. The second-order valence-corrected chi connectivity index (χ2v) is 6.24. The van der Waals surface area contributed by atoms with Gasteiger partial charge in [-0.15, -0.1) is 0 Å². The van der Waals surface area contributed by atoms with Crippen LogP contribution in [0.15, 0.2) is 4.99 Å². The molecule has 0 saturated heterocycles. The third kappa shape index (κ3) is 9.26. The molecule has 5 heteroatoms. The van der Waals surface area contributed by atoms with E-state index in [0.29, 0.717) is 13.2 Å². The summed E-state index contributed by atoms with van der Waals surface area (Å²) in [6.07, 6.45) is 6.40. The Hall–Kier alpha value is -0.810. The number of aliphatic imine (C=N–C) groups is 1. The zero-order chi connectivity index (χ0) is 16.0. The average Bonchev–Trinajstić information content (AvgIpc) is 2.51. The van der Waals surface area contributed by atoms with E-state index in [2.05, 4.69) is 24.5 Å². The zero-order valence-electron chi connectivity index (χ0n) is 14.7. The van der Waals surface area contributed by atoms with Crippen molar-refractivity contribution in [1.82, 2.24) is 10.6 Å². The molecule has 5 nitrogen and oxygen atoms in total. The predicted octanol–water partition coefficient (Wildman–Crippen LogP) is 2.42. The molecule has 1 fully saturated rings. The van der Waals surface area contributed by atoms with Crippen LogP contribution in [0.25, 0.3) is 0 Å². The van der Waals surface area contributed by atoms with E-state index in [1.807, 2.05) is 0 Å². The van der Waals surface area contributed by atoms with Gasteiger partial charge >= 0.3 is 0 Å². The molecule has 0 aromatic rings. The number of nitrogens with zero attached hydrogens (tertiary/aromatic N) is 1. The quantitative estimate of drug-likeness (QED) is 0.369. The van der Waals surface area contributed by atoms with Crippen molar-refractivity contribution >= 4 is 5.96 Å². The summed E-state index contributed by atoms with van der Waals surface area (Å²) < 4.78 is 10.4. The lowest BCUT2D eigenvalue weighted by Crippen LogP contribution is -2.38. The fraction of sp³-hybridized carbons (Fsp3) is 0.941. The minimum Gasteiger partial charge on any atom is -0.382 e. The van der Waals surface area contributed by atoms with Crippen molar-refractivity contribution in [1.29, 1.82) is 0 Å². The number of hydrogen-bond acceptors (Lipinski definition) is 3. The molecule has 0 aromatic carbocycles. The Bertz CT molecular complexity index is 298. The molecule has 2 N–H and O–H groups in total. The second kappa shape index (κ2) is 12.7. The van der Waals surface area contributed by atoms with E-state index < -0.39 is 0 Å². The molecule has 22 heavy (non-hydrogen) atoms. The van der Waals surface area contributed by atoms with Crippen molar-refractivity contribution in [2.45, 2.75) is 46.0 Å². The Morgan fingerprint density at radius 2 is 2.05 bits per heavy atom. The highest BCUT2D eigenvalue weighted by atomic mass is 16.5. The number of rotatable bonds is 10. The van der Waals surface area contributed by atoms with Gasteiger partial charge in [-0.25, -0.2) is 0 Å². The predicted molar refractivity (Wildman–Crippen MR) is 92.4 cm³/mol. The first kappa shape index (κ1) is 19.2. The smallest absolute Gasteiger partial charge is 0.191 e. The fourth-order valence-corrected chi connectivity index (χ4v) is 2.91. The molecule has 1 saturated carbocycles. The lowest BCUT2D eigenvalue weighted by molar-refractivity contribution is 0.0698. The first-order chi connectivity index (χ1) is 10.8. The zero-order valence-corrected chi connectivity index (χ0v) is 14.7. The van der Waals surface area contributed by atoms with Crippen molar-refractivity contribution in [3.8, 4) is 0 Å². The summed E-state index contributed by atoms with van der Waals surface area (Å²) in [6.45, 7) is 9.30. The number of hydrogen-bond donors (Lipinski definition) is 2. The van der Waals surface area contributed by atoms with Crippen molar-refractivity contribution < 1.29 is 9.47 Å². The lowest BCUT2D eigenvalue weighted by Gasteiger charge is -2.25. The third-order valence-corrected chi connectivity index (χ3v) is 4.09. The van der Waals surface area contributed by atoms with Gasteiger partial charge in [0.1, 0.15) is 0 Å². The van der Waals surface area contributed by atoms with Crippen LogP contribution < -0.4 is 10.6 Å². The molecule has 0 radical (unpaired) electrons. The van der Waals surface area contributed by atoms with Crippen LogP contribution in [0.3, 0.4) is 0 Å². The minimum atomic E-state index is 0.664. The van der Waals surface area contributed by atoms with Gasteiger partial charge in [0.15, 0.2) is 5.96 Å². The molecular weight excluding hydrogens is 278 g/mol. The second-order valence-electron chi connectivity index (χ2n) is 6.24. The lowest BCUT2D eigenvalue weighted by atomic mass is 9.82. The molecule has 2 unspecified atom stereocenters. The van der Waals surface area contributed by atoms with Crippen LogP contribution in [0, 0.1) is 11.8 Å². The molecule has 0 bridgehead atoms. The third-order valence-electron chi connectivity index (χ3n) is 4.09. The van der Waals surface area contributed by atoms with Crippen LogP contribution >= 0.6 is 0 Å². The Balaban J connectivity index is 2.18. The molecule has 0 amide bonds. The maximum atomic E-state index is 5.46. The van der Waals surface area contributed by atoms with Crippen LogP contribution in [0.5, 0.6) is 0 Å². The maximum Gasteiger partial charge on any atom is 0.191 e. The Labute approximate surface area is 136 Å². The first-order valence-corrected chi connectivity index (χ1v) is 8.85. The fourth-order valence-electron chi connectivity index (χ4n) is 2.91. The van der Waals surface area contributed by atoms with Gasteiger partial charge in [-0.3, -0.25) is 4.99 Å². The van der Waals surface area contributed by atoms with Crippen molar-refractivity contribution in [3.63, 3.8) is 0 Å². The van der Waals surface area contributed by atoms with Gasteiger partial charge in [0.2, 0.25) is 0 Å². The van der Waals surface area contributed by atoms with Gasteiger partial charge in [-0.1, -0.05) is 19.8 Å². The maximum absolute atomic E-state index is 5.46. The number of methoxy groups -OCH3 is 1. The first-order valence-electron chi connectivity index (χ1n) is 8.85. The summed E-state index contributed by atoms with van der Waals surface area (Å²) in [7, 11) is 1.69. The van der Waals surface area contributed by atoms with Crippen LogP contribution in [0.4, 0.5) is 0 Å². The van der Waals surface area contributed by atoms with Gasteiger partial charge < -0.3 is 20.1 Å². The van der Waals surface area contributed by atoms with E-state index in [1.54, 1.807) is 7.11 Å². The Morgan fingerprint density at radius 1 is 1.18 bits per heavy atom. The van der Waals surface area contributed by atoms with Crippen molar-refractivity contribution in [3.05, 3.63) is 0 Å². The summed E-state index contributed by atoms with van der Waals surface area (Å²) >= 11 is 0. The molecule has 1 rings (SSSR count). The van der Waals surface area contributed by atoms with Gasteiger partial charge in [0.05, 0.1) is 13.2 Å². The van der Waals surface area contributed by atoms with Crippen LogP contribution in [0.2, 0.25) is 0 Å². The minimum absolute atomic E-state index is 0.664. The van der Waals surface area contributed by atoms with E-state index >= 15 is 0 Å². The van der Waals surface area contributed by atoms with Crippen LogP contribution in [-0.2, 0) is 9.47 Å². The van der Waals surface area contributed by atoms with Gasteiger partial charge in [0, 0.05) is 33.4 Å². The average molecular weight is 313 g/mol. The molecule has 0 aromatic heterocycles. The SMILES string of the molecule is CCNC(=NCC1CCCC(C)C1)NCCCOCCOC. The highest BCUT2D eigenvalue weighted by Gasteiger charge is 2.18. The molecule has 130 valence electrons. The molecule has 1 aliphatic rings. The largest absolute Gasteiger partial charge is 0.382 e. The standard InChI is InChI=1S/C17H35N3O2/c1-4-18-17(19-9-6-10-22-12-11-21-3)20-14-16-8-5-7-15(2)13-16/h15-16H,4-14H2,1-3H3,(H2,18,19,20). The highest BCUT2D eigenvalue weighted by molar-refractivity contribution is 5.79. The number of nitrogens with one attached hydrogen (secondary N) is 2. The summed E-state index contributed by atoms with van der Waals surface area (Å²) in [5, 5.41) is 6.71.